The number of aliphatic hydroxyl groups excluding tert-OH is 1. The zero-order valence-electron chi connectivity index (χ0n) is 20.6. The Kier molecular flexibility index (Phi) is 6.12. The number of H-pyrrole nitrogens is 1. The maximum absolute atomic E-state index is 13.1. The van der Waals surface area contributed by atoms with Crippen LogP contribution in [0.25, 0.3) is 11.0 Å². The van der Waals surface area contributed by atoms with Gasteiger partial charge in [0.15, 0.2) is 5.65 Å². The molecule has 3 aromatic rings. The number of carbonyl (C=O) groups is 1. The van der Waals surface area contributed by atoms with Gasteiger partial charge in [0, 0.05) is 48.3 Å². The lowest BCUT2D eigenvalue weighted by molar-refractivity contribution is 0.0636. The molecule has 0 radical (unpaired) electrons. The van der Waals surface area contributed by atoms with Gasteiger partial charge in [-0.15, -0.1) is 0 Å². The number of aromatic nitrogens is 5. The molecule has 4 heterocycles. The summed E-state index contributed by atoms with van der Waals surface area (Å²) in [4.78, 5) is 28.6. The lowest BCUT2D eigenvalue weighted by Crippen LogP contribution is -2.56. The van der Waals surface area contributed by atoms with Crippen LogP contribution in [0.3, 0.4) is 0 Å². The van der Waals surface area contributed by atoms with Crippen molar-refractivity contribution in [1.82, 2.24) is 30.5 Å². The molecule has 1 saturated heterocycles. The van der Waals surface area contributed by atoms with E-state index in [1.165, 1.54) is 0 Å². The number of nitrogens with one attached hydrogen (secondary N) is 2. The zero-order valence-corrected chi connectivity index (χ0v) is 20.6. The number of rotatable bonds is 8. The molecule has 192 valence electrons. The first-order chi connectivity index (χ1) is 18.1. The number of fused-ring (bicyclic) bond motifs is 1. The Morgan fingerprint density at radius 3 is 2.86 bits per heavy atom. The zero-order chi connectivity index (χ0) is 25.4. The molecule has 2 unspecified atom stereocenters. The highest BCUT2D eigenvalue weighted by Crippen LogP contribution is 2.38. The molecule has 2 aliphatic carbocycles. The van der Waals surface area contributed by atoms with Crippen molar-refractivity contribution < 1.29 is 14.6 Å². The molecular formula is C26H30N8O3. The highest BCUT2D eigenvalue weighted by molar-refractivity contribution is 5.93. The van der Waals surface area contributed by atoms with Crippen molar-refractivity contribution in [2.75, 3.05) is 31.2 Å². The molecule has 6 rings (SSSR count). The van der Waals surface area contributed by atoms with E-state index in [-0.39, 0.29) is 36.1 Å². The second kappa shape index (κ2) is 9.59. The van der Waals surface area contributed by atoms with Gasteiger partial charge in [-0.3, -0.25) is 9.89 Å². The van der Waals surface area contributed by atoms with Crippen molar-refractivity contribution in [1.29, 1.82) is 5.26 Å². The Bertz CT molecular complexity index is 1330. The lowest BCUT2D eigenvalue weighted by atomic mass is 9.77. The second-order valence-electron chi connectivity index (χ2n) is 10.5. The molecule has 3 aromatic heterocycles. The van der Waals surface area contributed by atoms with Crippen LogP contribution in [0.15, 0.2) is 24.4 Å². The van der Waals surface area contributed by atoms with E-state index in [1.807, 2.05) is 12.1 Å². The Balaban J connectivity index is 1.19. The van der Waals surface area contributed by atoms with E-state index in [4.69, 9.17) is 10.00 Å². The summed E-state index contributed by atoms with van der Waals surface area (Å²) in [6, 6.07) is 8.08. The van der Waals surface area contributed by atoms with Crippen molar-refractivity contribution in [2.45, 2.75) is 50.0 Å². The third kappa shape index (κ3) is 4.69. The molecule has 11 nitrogen and oxygen atoms in total. The maximum Gasteiger partial charge on any atom is 0.319 e. The molecule has 0 bridgehead atoms. The highest BCUT2D eigenvalue weighted by atomic mass is 16.5. The Labute approximate surface area is 214 Å². The standard InChI is InChI=1S/C26H30N8O3/c27-13-17-11-18(17)14-37-25-29-20(24(36)31-26(15-35)6-2-7-26)12-21(30-25)34-9-4-16(5-10-34)22-19-3-1-8-28-23(19)33-32-22/h1,3,8,12,16-18,35H,2,4-7,9-11,14-15H2,(H,31,36)(H,28,32,33). The minimum atomic E-state index is -0.572. The molecule has 2 atom stereocenters. The number of pyridine rings is 1. The van der Waals surface area contributed by atoms with Crippen LogP contribution in [-0.4, -0.2) is 68.0 Å². The Morgan fingerprint density at radius 2 is 2.16 bits per heavy atom. The quantitative estimate of drug-likeness (QED) is 0.421. The van der Waals surface area contributed by atoms with E-state index < -0.39 is 5.54 Å². The molecule has 3 aliphatic rings. The van der Waals surface area contributed by atoms with Gasteiger partial charge in [-0.2, -0.15) is 20.3 Å². The Morgan fingerprint density at radius 1 is 1.32 bits per heavy atom. The number of aliphatic hydroxyl groups is 1. The van der Waals surface area contributed by atoms with Gasteiger partial charge in [0.05, 0.1) is 30.7 Å². The van der Waals surface area contributed by atoms with Crippen LogP contribution < -0.4 is 15.0 Å². The van der Waals surface area contributed by atoms with Crippen LogP contribution in [-0.2, 0) is 0 Å². The summed E-state index contributed by atoms with van der Waals surface area (Å²) in [7, 11) is 0. The third-order valence-corrected chi connectivity index (χ3v) is 8.02. The molecule has 1 amide bonds. The number of ether oxygens (including phenoxy) is 1. The topological polar surface area (TPSA) is 153 Å². The maximum atomic E-state index is 13.1. The average Bonchev–Trinajstić information content (AvgIpc) is 3.56. The fraction of sp³-hybridized carbons (Fsp3) is 0.538. The fourth-order valence-corrected chi connectivity index (χ4v) is 5.34. The summed E-state index contributed by atoms with van der Waals surface area (Å²) in [5, 5.41) is 30.4. The number of nitrogens with zero attached hydrogens (tertiary/aromatic N) is 6. The van der Waals surface area contributed by atoms with Gasteiger partial charge in [0.2, 0.25) is 0 Å². The summed E-state index contributed by atoms with van der Waals surface area (Å²) in [6.45, 7) is 1.76. The molecule has 0 aromatic carbocycles. The molecule has 11 heteroatoms. The number of amides is 1. The first kappa shape index (κ1) is 23.6. The summed E-state index contributed by atoms with van der Waals surface area (Å²) in [5.74, 6) is 0.823. The van der Waals surface area contributed by atoms with Gasteiger partial charge in [-0.05, 0) is 50.7 Å². The fourth-order valence-electron chi connectivity index (χ4n) is 5.34. The third-order valence-electron chi connectivity index (χ3n) is 8.02. The molecule has 2 saturated carbocycles. The summed E-state index contributed by atoms with van der Waals surface area (Å²) in [6.07, 6.45) is 6.82. The van der Waals surface area contributed by atoms with Crippen LogP contribution in [0.5, 0.6) is 6.01 Å². The number of carbonyl (C=O) groups excluding carboxylic acids is 1. The van der Waals surface area contributed by atoms with Gasteiger partial charge >= 0.3 is 6.01 Å². The lowest BCUT2D eigenvalue weighted by Gasteiger charge is -2.40. The van der Waals surface area contributed by atoms with Crippen LogP contribution in [0, 0.1) is 23.2 Å². The molecule has 3 N–H and O–H groups in total. The normalized spacial score (nSPS) is 22.8. The number of aromatic amines is 1. The van der Waals surface area contributed by atoms with Crippen LogP contribution in [0.1, 0.15) is 60.6 Å². The second-order valence-corrected chi connectivity index (χ2v) is 10.5. The van der Waals surface area contributed by atoms with Crippen LogP contribution >= 0.6 is 0 Å². The molecule has 37 heavy (non-hydrogen) atoms. The minimum absolute atomic E-state index is 0.0155. The number of nitriles is 1. The number of piperidine rings is 1. The van der Waals surface area contributed by atoms with E-state index in [2.05, 4.69) is 41.4 Å². The molecular weight excluding hydrogens is 472 g/mol. The Hall–Kier alpha value is -3.78. The van der Waals surface area contributed by atoms with E-state index in [1.54, 1.807) is 12.3 Å². The minimum Gasteiger partial charge on any atom is -0.463 e. The number of hydrogen-bond acceptors (Lipinski definition) is 9. The van der Waals surface area contributed by atoms with Gasteiger partial charge in [0.1, 0.15) is 11.5 Å². The van der Waals surface area contributed by atoms with E-state index in [9.17, 15) is 9.90 Å². The first-order valence-electron chi connectivity index (χ1n) is 13.0. The number of hydrogen-bond donors (Lipinski definition) is 3. The number of anilines is 1. The largest absolute Gasteiger partial charge is 0.463 e. The predicted octanol–water partition coefficient (Wildman–Crippen LogP) is 2.32. The molecule has 3 fully saturated rings. The summed E-state index contributed by atoms with van der Waals surface area (Å²) < 4.78 is 5.86. The van der Waals surface area contributed by atoms with E-state index in [0.717, 1.165) is 68.3 Å². The molecule has 0 spiro atoms. The SMILES string of the molecule is N#CC1CC1COc1nc(C(=O)NC2(CO)CCC2)cc(N2CCC(c3[nH]nc4ncccc34)CC2)n1. The highest BCUT2D eigenvalue weighted by Gasteiger charge is 2.39. The van der Waals surface area contributed by atoms with Crippen molar-refractivity contribution in [3.63, 3.8) is 0 Å². The average molecular weight is 503 g/mol. The summed E-state index contributed by atoms with van der Waals surface area (Å²) >= 11 is 0. The van der Waals surface area contributed by atoms with Gasteiger partial charge in [-0.1, -0.05) is 0 Å². The smallest absolute Gasteiger partial charge is 0.319 e. The van der Waals surface area contributed by atoms with E-state index >= 15 is 0 Å². The van der Waals surface area contributed by atoms with Crippen molar-refractivity contribution in [2.24, 2.45) is 11.8 Å². The van der Waals surface area contributed by atoms with Gasteiger partial charge in [0.25, 0.3) is 5.91 Å². The van der Waals surface area contributed by atoms with Gasteiger partial charge < -0.3 is 20.1 Å². The van der Waals surface area contributed by atoms with Crippen LogP contribution in [0.2, 0.25) is 0 Å². The van der Waals surface area contributed by atoms with Crippen LogP contribution in [0.4, 0.5) is 5.82 Å². The van der Waals surface area contributed by atoms with Crippen molar-refractivity contribution in [3.8, 4) is 12.1 Å². The summed E-state index contributed by atoms with van der Waals surface area (Å²) in [5.41, 5.74) is 1.49. The molecule has 1 aliphatic heterocycles. The van der Waals surface area contributed by atoms with Crippen molar-refractivity contribution >= 4 is 22.8 Å². The van der Waals surface area contributed by atoms with Crippen molar-refractivity contribution in [3.05, 3.63) is 35.8 Å². The first-order valence-corrected chi connectivity index (χ1v) is 13.0. The predicted molar refractivity (Wildman–Crippen MR) is 134 cm³/mol. The van der Waals surface area contributed by atoms with E-state index in [0.29, 0.717) is 18.3 Å². The van der Waals surface area contributed by atoms with Gasteiger partial charge in [-0.25, -0.2) is 4.98 Å². The monoisotopic (exact) mass is 502 g/mol.